The lowest BCUT2D eigenvalue weighted by molar-refractivity contribution is -0.123. The van der Waals surface area contributed by atoms with Gasteiger partial charge in [-0.25, -0.2) is 0 Å². The number of carbonyl (C=O) groups is 2. The second kappa shape index (κ2) is 6.56. The second-order valence-electron chi connectivity index (χ2n) is 4.77. The average molecular weight is 242 g/mol. The molecule has 1 aliphatic heterocycles. The minimum atomic E-state index is -0.301. The molecule has 0 radical (unpaired) electrons. The van der Waals surface area contributed by atoms with Crippen molar-refractivity contribution in [2.75, 3.05) is 19.6 Å². The standard InChI is InChI=1S/C11H22N4O2/c1-8(12)6-11(17)14-9-2-4-15(5-3-9)7-10(13)16/h8-9H,2-7,12H2,1H3,(H2,13,16)(H,14,17). The number of carbonyl (C=O) groups excluding carboxylic acids is 2. The smallest absolute Gasteiger partial charge is 0.231 e. The van der Waals surface area contributed by atoms with E-state index in [1.54, 1.807) is 0 Å². The summed E-state index contributed by atoms with van der Waals surface area (Å²) >= 11 is 0. The molecule has 0 spiro atoms. The molecule has 5 N–H and O–H groups in total. The third kappa shape index (κ3) is 5.65. The van der Waals surface area contributed by atoms with Crippen molar-refractivity contribution in [1.29, 1.82) is 0 Å². The number of rotatable bonds is 5. The van der Waals surface area contributed by atoms with Crippen molar-refractivity contribution in [3.63, 3.8) is 0 Å². The number of likely N-dealkylation sites (tertiary alicyclic amines) is 1. The zero-order chi connectivity index (χ0) is 12.8. The van der Waals surface area contributed by atoms with Gasteiger partial charge in [-0.3, -0.25) is 14.5 Å². The Bertz CT molecular complexity index is 273. The number of piperidine rings is 1. The van der Waals surface area contributed by atoms with Crippen molar-refractivity contribution in [2.24, 2.45) is 11.5 Å². The molecule has 0 bridgehead atoms. The van der Waals surface area contributed by atoms with Gasteiger partial charge in [0.15, 0.2) is 0 Å². The number of primary amides is 1. The summed E-state index contributed by atoms with van der Waals surface area (Å²) in [5.41, 5.74) is 10.7. The van der Waals surface area contributed by atoms with Gasteiger partial charge in [-0.1, -0.05) is 0 Å². The summed E-state index contributed by atoms with van der Waals surface area (Å²) < 4.78 is 0. The summed E-state index contributed by atoms with van der Waals surface area (Å²) in [5, 5.41) is 2.96. The van der Waals surface area contributed by atoms with Crippen LogP contribution in [0.25, 0.3) is 0 Å². The maximum atomic E-state index is 11.5. The van der Waals surface area contributed by atoms with Crippen LogP contribution < -0.4 is 16.8 Å². The summed E-state index contributed by atoms with van der Waals surface area (Å²) in [6, 6.07) is 0.0929. The van der Waals surface area contributed by atoms with Crippen molar-refractivity contribution in [3.05, 3.63) is 0 Å². The van der Waals surface area contributed by atoms with Crippen molar-refractivity contribution in [2.45, 2.75) is 38.3 Å². The zero-order valence-electron chi connectivity index (χ0n) is 10.3. The molecule has 0 aliphatic carbocycles. The summed E-state index contributed by atoms with van der Waals surface area (Å²) in [6.07, 6.45) is 2.08. The van der Waals surface area contributed by atoms with Gasteiger partial charge >= 0.3 is 0 Å². The van der Waals surface area contributed by atoms with E-state index in [-0.39, 0.29) is 23.9 Å². The lowest BCUT2D eigenvalue weighted by Crippen LogP contribution is -2.47. The molecule has 1 atom stereocenters. The van der Waals surface area contributed by atoms with E-state index < -0.39 is 0 Å². The Morgan fingerprint density at radius 3 is 2.47 bits per heavy atom. The Morgan fingerprint density at radius 1 is 1.41 bits per heavy atom. The Hall–Kier alpha value is -1.14. The molecule has 0 aromatic heterocycles. The number of hydrogen-bond donors (Lipinski definition) is 3. The van der Waals surface area contributed by atoms with Crippen LogP contribution in [0.2, 0.25) is 0 Å². The third-order valence-electron chi connectivity index (χ3n) is 2.84. The molecule has 98 valence electrons. The molecule has 1 fully saturated rings. The number of nitrogens with one attached hydrogen (secondary N) is 1. The van der Waals surface area contributed by atoms with Gasteiger partial charge in [-0.15, -0.1) is 0 Å². The normalized spacial score (nSPS) is 19.9. The average Bonchev–Trinajstić information content (AvgIpc) is 2.18. The minimum Gasteiger partial charge on any atom is -0.369 e. The molecule has 2 amide bonds. The number of amides is 2. The van der Waals surface area contributed by atoms with Gasteiger partial charge in [0, 0.05) is 31.6 Å². The molecule has 17 heavy (non-hydrogen) atoms. The summed E-state index contributed by atoms with van der Waals surface area (Å²) in [5.74, 6) is -0.294. The number of hydrogen-bond acceptors (Lipinski definition) is 4. The van der Waals surface area contributed by atoms with Gasteiger partial charge in [0.05, 0.1) is 6.54 Å². The number of nitrogens with two attached hydrogens (primary N) is 2. The van der Waals surface area contributed by atoms with Gasteiger partial charge in [0.1, 0.15) is 0 Å². The molecule has 0 aromatic rings. The van der Waals surface area contributed by atoms with Crippen LogP contribution in [-0.2, 0) is 9.59 Å². The lowest BCUT2D eigenvalue weighted by atomic mass is 10.0. The fraction of sp³-hybridized carbons (Fsp3) is 0.818. The van der Waals surface area contributed by atoms with Crippen LogP contribution >= 0.6 is 0 Å². The Balaban J connectivity index is 2.23. The SMILES string of the molecule is CC(N)CC(=O)NC1CCN(CC(N)=O)CC1. The highest BCUT2D eigenvalue weighted by Gasteiger charge is 2.21. The van der Waals surface area contributed by atoms with Gasteiger partial charge in [-0.05, 0) is 19.8 Å². The van der Waals surface area contributed by atoms with Crippen molar-refractivity contribution in [3.8, 4) is 0 Å². The summed E-state index contributed by atoms with van der Waals surface area (Å²) in [6.45, 7) is 3.72. The molecule has 0 saturated carbocycles. The van der Waals surface area contributed by atoms with Crippen LogP contribution in [0.4, 0.5) is 0 Å². The second-order valence-corrected chi connectivity index (χ2v) is 4.77. The molecule has 6 heteroatoms. The van der Waals surface area contributed by atoms with Crippen molar-refractivity contribution >= 4 is 11.8 Å². The van der Waals surface area contributed by atoms with Crippen LogP contribution in [0.1, 0.15) is 26.2 Å². The molecule has 1 unspecified atom stereocenters. The first-order valence-electron chi connectivity index (χ1n) is 6.03. The van der Waals surface area contributed by atoms with E-state index in [0.29, 0.717) is 13.0 Å². The predicted octanol–water partition coefficient (Wildman–Crippen LogP) is -1.21. The van der Waals surface area contributed by atoms with Gasteiger partial charge in [0.2, 0.25) is 11.8 Å². The van der Waals surface area contributed by atoms with Gasteiger partial charge < -0.3 is 16.8 Å². The van der Waals surface area contributed by atoms with E-state index in [0.717, 1.165) is 25.9 Å². The van der Waals surface area contributed by atoms with E-state index >= 15 is 0 Å². The third-order valence-corrected chi connectivity index (χ3v) is 2.84. The quantitative estimate of drug-likeness (QED) is 0.563. The molecule has 6 nitrogen and oxygen atoms in total. The van der Waals surface area contributed by atoms with E-state index in [1.807, 2.05) is 11.8 Å². The van der Waals surface area contributed by atoms with Crippen LogP contribution in [0.15, 0.2) is 0 Å². The highest BCUT2D eigenvalue weighted by Crippen LogP contribution is 2.09. The molecule has 0 aromatic carbocycles. The zero-order valence-corrected chi connectivity index (χ0v) is 10.3. The molecule has 1 heterocycles. The predicted molar refractivity (Wildman–Crippen MR) is 65.1 cm³/mol. The van der Waals surface area contributed by atoms with E-state index in [4.69, 9.17) is 11.5 Å². The van der Waals surface area contributed by atoms with Crippen LogP contribution in [0.5, 0.6) is 0 Å². The van der Waals surface area contributed by atoms with Crippen LogP contribution in [0, 0.1) is 0 Å². The molecular formula is C11H22N4O2. The maximum absolute atomic E-state index is 11.5. The Labute approximate surface area is 102 Å². The number of nitrogens with zero attached hydrogens (tertiary/aromatic N) is 1. The highest BCUT2D eigenvalue weighted by atomic mass is 16.2. The highest BCUT2D eigenvalue weighted by molar-refractivity contribution is 5.77. The van der Waals surface area contributed by atoms with E-state index in [9.17, 15) is 9.59 Å². The Morgan fingerprint density at radius 2 is 2.00 bits per heavy atom. The fourth-order valence-corrected chi connectivity index (χ4v) is 2.03. The first-order chi connectivity index (χ1) is 7.97. The van der Waals surface area contributed by atoms with Crippen LogP contribution in [-0.4, -0.2) is 48.4 Å². The monoisotopic (exact) mass is 242 g/mol. The minimum absolute atomic E-state index is 0.00773. The first-order valence-corrected chi connectivity index (χ1v) is 6.03. The van der Waals surface area contributed by atoms with Gasteiger partial charge in [-0.2, -0.15) is 0 Å². The topological polar surface area (TPSA) is 101 Å². The maximum Gasteiger partial charge on any atom is 0.231 e. The Kier molecular flexibility index (Phi) is 5.37. The molecular weight excluding hydrogens is 220 g/mol. The van der Waals surface area contributed by atoms with E-state index in [2.05, 4.69) is 5.32 Å². The lowest BCUT2D eigenvalue weighted by Gasteiger charge is -2.31. The first kappa shape index (κ1) is 13.9. The molecule has 1 aliphatic rings. The van der Waals surface area contributed by atoms with Crippen molar-refractivity contribution in [1.82, 2.24) is 10.2 Å². The fourth-order valence-electron chi connectivity index (χ4n) is 2.03. The molecule has 1 saturated heterocycles. The van der Waals surface area contributed by atoms with Crippen LogP contribution in [0.3, 0.4) is 0 Å². The molecule has 1 rings (SSSR count). The van der Waals surface area contributed by atoms with Gasteiger partial charge in [0.25, 0.3) is 0 Å². The largest absolute Gasteiger partial charge is 0.369 e. The van der Waals surface area contributed by atoms with E-state index in [1.165, 1.54) is 0 Å². The summed E-state index contributed by atoms with van der Waals surface area (Å²) in [4.78, 5) is 24.3. The van der Waals surface area contributed by atoms with Crippen molar-refractivity contribution < 1.29 is 9.59 Å². The summed E-state index contributed by atoms with van der Waals surface area (Å²) in [7, 11) is 0.